The van der Waals surface area contributed by atoms with Crippen LogP contribution in [0.3, 0.4) is 0 Å². The lowest BCUT2D eigenvalue weighted by Crippen LogP contribution is -2.47. The Hall–Kier alpha value is -1.73. The van der Waals surface area contributed by atoms with Gasteiger partial charge in [-0.05, 0) is 6.42 Å². The van der Waals surface area contributed by atoms with Gasteiger partial charge >= 0.3 is 0 Å². The summed E-state index contributed by atoms with van der Waals surface area (Å²) < 4.78 is 11.4. The number of carbonyl (C=O) groups excluding carboxylic acids is 1. The van der Waals surface area contributed by atoms with Crippen molar-refractivity contribution in [1.82, 2.24) is 14.9 Å². The van der Waals surface area contributed by atoms with E-state index in [1.807, 2.05) is 4.90 Å². The molecular weight excluding hydrogens is 308 g/mol. The van der Waals surface area contributed by atoms with Crippen molar-refractivity contribution in [1.29, 1.82) is 0 Å². The number of aromatic nitrogens is 2. The van der Waals surface area contributed by atoms with E-state index in [9.17, 15) is 4.79 Å². The molecule has 2 saturated heterocycles. The van der Waals surface area contributed by atoms with Crippen LogP contribution < -0.4 is 5.32 Å². The van der Waals surface area contributed by atoms with Gasteiger partial charge in [0.25, 0.3) is 5.91 Å². The average molecular weight is 334 g/mol. The van der Waals surface area contributed by atoms with Crippen LogP contribution in [0, 0.1) is 0 Å². The van der Waals surface area contributed by atoms with E-state index in [1.165, 1.54) is 19.2 Å². The molecule has 2 aliphatic heterocycles. The largest absolute Gasteiger partial charge is 0.370 e. The standard InChI is InChI=1S/C17H26N4O3/c1-2-3-4-7-18-15-12-14(19-13-20-15)16(22)21-8-5-17(6-9-21)23-10-11-24-17/h12-13H,2-11H2,1H3,(H,18,19,20). The van der Waals surface area contributed by atoms with Crippen molar-refractivity contribution in [3.8, 4) is 0 Å². The third kappa shape index (κ3) is 4.02. The maximum Gasteiger partial charge on any atom is 0.272 e. The van der Waals surface area contributed by atoms with Crippen molar-refractivity contribution in [2.75, 3.05) is 38.2 Å². The maximum absolute atomic E-state index is 12.7. The van der Waals surface area contributed by atoms with Crippen LogP contribution in [0.25, 0.3) is 0 Å². The Morgan fingerprint density at radius 2 is 2.00 bits per heavy atom. The molecule has 0 aromatic carbocycles. The van der Waals surface area contributed by atoms with E-state index in [4.69, 9.17) is 9.47 Å². The fourth-order valence-corrected chi connectivity index (χ4v) is 3.16. The lowest BCUT2D eigenvalue weighted by molar-refractivity contribution is -0.181. The first-order valence-corrected chi connectivity index (χ1v) is 8.85. The number of unbranched alkanes of at least 4 members (excludes halogenated alkanes) is 2. The summed E-state index contributed by atoms with van der Waals surface area (Å²) in [6.45, 7) is 5.58. The third-order valence-electron chi connectivity index (χ3n) is 4.60. The lowest BCUT2D eigenvalue weighted by atomic mass is 10.0. The van der Waals surface area contributed by atoms with Gasteiger partial charge in [0.2, 0.25) is 0 Å². The quantitative estimate of drug-likeness (QED) is 0.803. The molecule has 3 rings (SSSR count). The number of rotatable bonds is 6. The molecule has 1 spiro atoms. The molecule has 0 bridgehead atoms. The van der Waals surface area contributed by atoms with Crippen LogP contribution in [0.2, 0.25) is 0 Å². The Bertz CT molecular complexity index is 551. The minimum atomic E-state index is -0.464. The normalized spacial score (nSPS) is 19.6. The van der Waals surface area contributed by atoms with Gasteiger partial charge in [0.15, 0.2) is 5.79 Å². The summed E-state index contributed by atoms with van der Waals surface area (Å²) in [6, 6.07) is 1.74. The highest BCUT2D eigenvalue weighted by Gasteiger charge is 2.41. The van der Waals surface area contributed by atoms with Crippen LogP contribution >= 0.6 is 0 Å². The van der Waals surface area contributed by atoms with Crippen molar-refractivity contribution in [2.45, 2.75) is 44.8 Å². The maximum atomic E-state index is 12.7. The Morgan fingerprint density at radius 1 is 1.25 bits per heavy atom. The van der Waals surface area contributed by atoms with E-state index in [-0.39, 0.29) is 5.91 Å². The highest BCUT2D eigenvalue weighted by Crippen LogP contribution is 2.31. The van der Waals surface area contributed by atoms with Gasteiger partial charge in [-0.3, -0.25) is 4.79 Å². The second kappa shape index (κ2) is 7.90. The molecule has 0 saturated carbocycles. The highest BCUT2D eigenvalue weighted by atomic mass is 16.7. The molecule has 2 fully saturated rings. The average Bonchev–Trinajstić information content (AvgIpc) is 3.07. The summed E-state index contributed by atoms with van der Waals surface area (Å²) in [6.07, 6.45) is 6.34. The second-order valence-corrected chi connectivity index (χ2v) is 6.32. The Balaban J connectivity index is 1.55. The van der Waals surface area contributed by atoms with Crippen molar-refractivity contribution in [3.05, 3.63) is 18.1 Å². The van der Waals surface area contributed by atoms with E-state index < -0.39 is 5.79 Å². The van der Waals surface area contributed by atoms with Crippen LogP contribution in [0.1, 0.15) is 49.5 Å². The van der Waals surface area contributed by atoms with E-state index >= 15 is 0 Å². The number of amides is 1. The summed E-state index contributed by atoms with van der Waals surface area (Å²) in [5.41, 5.74) is 0.437. The van der Waals surface area contributed by atoms with Gasteiger partial charge in [0.1, 0.15) is 17.8 Å². The van der Waals surface area contributed by atoms with Gasteiger partial charge < -0.3 is 19.7 Å². The van der Waals surface area contributed by atoms with E-state index in [1.54, 1.807) is 6.07 Å². The highest BCUT2D eigenvalue weighted by molar-refractivity contribution is 5.93. The number of likely N-dealkylation sites (tertiary alicyclic amines) is 1. The molecule has 0 aliphatic carbocycles. The topological polar surface area (TPSA) is 76.6 Å². The summed E-state index contributed by atoms with van der Waals surface area (Å²) in [5.74, 6) is 0.191. The van der Waals surface area contributed by atoms with Gasteiger partial charge in [0, 0.05) is 38.5 Å². The van der Waals surface area contributed by atoms with Crippen molar-refractivity contribution >= 4 is 11.7 Å². The van der Waals surface area contributed by atoms with Crippen LogP contribution in [0.5, 0.6) is 0 Å². The minimum absolute atomic E-state index is 0.0538. The van der Waals surface area contributed by atoms with Crippen LogP contribution in [0.15, 0.2) is 12.4 Å². The molecule has 1 aromatic heterocycles. The molecule has 1 amide bonds. The number of piperidine rings is 1. The van der Waals surface area contributed by atoms with Crippen LogP contribution in [-0.4, -0.2) is 59.4 Å². The SMILES string of the molecule is CCCCCNc1cc(C(=O)N2CCC3(CC2)OCCO3)ncn1. The van der Waals surface area contributed by atoms with Gasteiger partial charge in [0.05, 0.1) is 13.2 Å². The van der Waals surface area contributed by atoms with E-state index in [0.717, 1.165) is 13.0 Å². The number of nitrogens with one attached hydrogen (secondary N) is 1. The van der Waals surface area contributed by atoms with Gasteiger partial charge in [-0.1, -0.05) is 19.8 Å². The van der Waals surface area contributed by atoms with Gasteiger partial charge in [-0.2, -0.15) is 0 Å². The molecule has 2 aliphatic rings. The van der Waals surface area contributed by atoms with Crippen molar-refractivity contribution < 1.29 is 14.3 Å². The summed E-state index contributed by atoms with van der Waals surface area (Å²) in [5, 5.41) is 3.26. The molecule has 1 N–H and O–H groups in total. The predicted octanol–water partition coefficient (Wildman–Crippen LogP) is 2.06. The molecular formula is C17H26N4O3. The van der Waals surface area contributed by atoms with Crippen LogP contribution in [0.4, 0.5) is 5.82 Å². The number of nitrogens with zero attached hydrogens (tertiary/aromatic N) is 3. The van der Waals surface area contributed by atoms with Crippen molar-refractivity contribution in [3.63, 3.8) is 0 Å². The summed E-state index contributed by atoms with van der Waals surface area (Å²) >= 11 is 0. The molecule has 3 heterocycles. The van der Waals surface area contributed by atoms with Crippen LogP contribution in [-0.2, 0) is 9.47 Å². The summed E-state index contributed by atoms with van der Waals surface area (Å²) in [7, 11) is 0. The van der Waals surface area contributed by atoms with Gasteiger partial charge in [-0.15, -0.1) is 0 Å². The number of ether oxygens (including phenoxy) is 2. The molecule has 24 heavy (non-hydrogen) atoms. The fourth-order valence-electron chi connectivity index (χ4n) is 3.16. The molecule has 7 nitrogen and oxygen atoms in total. The molecule has 7 heteroatoms. The number of hydrogen-bond acceptors (Lipinski definition) is 6. The summed E-state index contributed by atoms with van der Waals surface area (Å²) in [4.78, 5) is 22.8. The minimum Gasteiger partial charge on any atom is -0.370 e. The third-order valence-corrected chi connectivity index (χ3v) is 4.60. The number of anilines is 1. The zero-order chi connectivity index (χ0) is 16.8. The van der Waals surface area contributed by atoms with Crippen molar-refractivity contribution in [2.24, 2.45) is 0 Å². The Labute approximate surface area is 142 Å². The predicted molar refractivity (Wildman–Crippen MR) is 89.8 cm³/mol. The van der Waals surface area contributed by atoms with E-state index in [0.29, 0.717) is 50.7 Å². The lowest BCUT2D eigenvalue weighted by Gasteiger charge is -2.37. The zero-order valence-corrected chi connectivity index (χ0v) is 14.3. The van der Waals surface area contributed by atoms with E-state index in [2.05, 4.69) is 22.2 Å². The molecule has 0 unspecified atom stereocenters. The first-order chi connectivity index (χ1) is 11.7. The number of hydrogen-bond donors (Lipinski definition) is 1. The number of carbonyl (C=O) groups is 1. The zero-order valence-electron chi connectivity index (χ0n) is 14.3. The molecule has 0 atom stereocenters. The van der Waals surface area contributed by atoms with Gasteiger partial charge in [-0.25, -0.2) is 9.97 Å². The Morgan fingerprint density at radius 3 is 2.71 bits per heavy atom. The second-order valence-electron chi connectivity index (χ2n) is 6.32. The Kier molecular flexibility index (Phi) is 5.63. The molecule has 0 radical (unpaired) electrons. The molecule has 132 valence electrons. The monoisotopic (exact) mass is 334 g/mol. The first-order valence-electron chi connectivity index (χ1n) is 8.85. The smallest absolute Gasteiger partial charge is 0.272 e. The molecule has 1 aromatic rings. The first kappa shape index (κ1) is 17.1. The fraction of sp³-hybridized carbons (Fsp3) is 0.706.